The zero-order chi connectivity index (χ0) is 21.6. The topological polar surface area (TPSA) is 102 Å². The third-order valence-corrected chi connectivity index (χ3v) is 5.65. The molecule has 0 aliphatic heterocycles. The monoisotopic (exact) mass is 429 g/mol. The predicted molar refractivity (Wildman–Crippen MR) is 108 cm³/mol. The number of pyridine rings is 1. The van der Waals surface area contributed by atoms with Gasteiger partial charge in [-0.3, -0.25) is 0 Å². The first-order valence-electron chi connectivity index (χ1n) is 10.0. The molecule has 5 rings (SSSR count). The van der Waals surface area contributed by atoms with Crippen molar-refractivity contribution in [2.45, 2.75) is 44.3 Å². The van der Waals surface area contributed by atoms with Crippen molar-refractivity contribution >= 4 is 17.1 Å². The van der Waals surface area contributed by atoms with Gasteiger partial charge in [0.05, 0.1) is 5.60 Å². The second-order valence-electron chi connectivity index (χ2n) is 7.77. The van der Waals surface area contributed by atoms with Gasteiger partial charge in [-0.25, -0.2) is 22.8 Å². The van der Waals surface area contributed by atoms with E-state index in [1.54, 1.807) is 21.4 Å². The molecular weight excluding hydrogens is 408 g/mol. The number of hydrogen-bond acceptors (Lipinski definition) is 7. The van der Waals surface area contributed by atoms with Crippen molar-refractivity contribution in [3.05, 3.63) is 36.9 Å². The fourth-order valence-corrected chi connectivity index (χ4v) is 3.94. The van der Waals surface area contributed by atoms with Crippen LogP contribution in [0.3, 0.4) is 0 Å². The highest BCUT2D eigenvalue weighted by molar-refractivity contribution is 5.84. The molecule has 4 aromatic heterocycles. The quantitative estimate of drug-likeness (QED) is 0.466. The van der Waals surface area contributed by atoms with Crippen LogP contribution in [0.4, 0.5) is 14.7 Å². The molecule has 1 aliphatic carbocycles. The predicted octanol–water partition coefficient (Wildman–Crippen LogP) is 2.80. The number of alkyl halides is 2. The van der Waals surface area contributed by atoms with Crippen molar-refractivity contribution in [3.63, 3.8) is 0 Å². The maximum atomic E-state index is 12.9. The first-order valence-corrected chi connectivity index (χ1v) is 10.0. The van der Waals surface area contributed by atoms with Crippen molar-refractivity contribution in [3.8, 4) is 17.0 Å². The highest BCUT2D eigenvalue weighted by Gasteiger charge is 2.41. The molecule has 0 bridgehead atoms. The van der Waals surface area contributed by atoms with Gasteiger partial charge in [-0.2, -0.15) is 10.1 Å². The molecule has 11 heteroatoms. The van der Waals surface area contributed by atoms with Crippen molar-refractivity contribution in [2.24, 2.45) is 0 Å². The molecule has 0 radical (unpaired) electrons. The summed E-state index contributed by atoms with van der Waals surface area (Å²) in [4.78, 5) is 8.49. The van der Waals surface area contributed by atoms with Crippen LogP contribution in [0.2, 0.25) is 0 Å². The zero-order valence-corrected chi connectivity index (χ0v) is 16.7. The van der Waals surface area contributed by atoms with E-state index in [-0.39, 0.29) is 17.9 Å². The molecule has 0 amide bonds. The minimum Gasteiger partial charge on any atom is -0.470 e. The summed E-state index contributed by atoms with van der Waals surface area (Å²) < 4.78 is 34.3. The average molecular weight is 429 g/mol. The highest BCUT2D eigenvalue weighted by atomic mass is 19.3. The van der Waals surface area contributed by atoms with E-state index in [4.69, 9.17) is 4.74 Å². The fraction of sp³-hybridized carbons (Fsp3) is 0.400. The van der Waals surface area contributed by atoms with E-state index >= 15 is 0 Å². The van der Waals surface area contributed by atoms with E-state index in [0.29, 0.717) is 30.4 Å². The number of nitrogens with one attached hydrogen (secondary N) is 1. The normalized spacial score (nSPS) is 21.0. The maximum absolute atomic E-state index is 12.9. The van der Waals surface area contributed by atoms with Crippen LogP contribution in [0.1, 0.15) is 26.2 Å². The smallest absolute Gasteiger partial charge is 0.272 e. The molecule has 1 aliphatic rings. The van der Waals surface area contributed by atoms with Gasteiger partial charge in [-0.05, 0) is 37.5 Å². The van der Waals surface area contributed by atoms with Gasteiger partial charge in [0.1, 0.15) is 11.8 Å². The first-order chi connectivity index (χ1) is 14.9. The van der Waals surface area contributed by atoms with Crippen LogP contribution in [0.15, 0.2) is 36.9 Å². The Kier molecular flexibility index (Phi) is 4.69. The van der Waals surface area contributed by atoms with Crippen LogP contribution in [0.25, 0.3) is 22.3 Å². The lowest BCUT2D eigenvalue weighted by Crippen LogP contribution is -2.50. The summed E-state index contributed by atoms with van der Waals surface area (Å²) in [5.74, 6) is 0.315. The summed E-state index contributed by atoms with van der Waals surface area (Å²) in [6.07, 6.45) is 4.16. The maximum Gasteiger partial charge on any atom is 0.272 e. The SMILES string of the molecule is CC[C@]1(O)C[C@H](Nc2nc(OCC(F)F)c3c(-c4ccc5ncnn5c4)ccn3n2)C1. The first kappa shape index (κ1) is 19.6. The number of nitrogens with zero attached hydrogens (tertiary/aromatic N) is 6. The molecule has 162 valence electrons. The van der Waals surface area contributed by atoms with E-state index < -0.39 is 18.6 Å². The lowest BCUT2D eigenvalue weighted by Gasteiger charge is -2.43. The molecule has 4 heterocycles. The van der Waals surface area contributed by atoms with Crippen LogP contribution in [-0.4, -0.2) is 59.0 Å². The minimum atomic E-state index is -2.64. The van der Waals surface area contributed by atoms with Crippen molar-refractivity contribution in [2.75, 3.05) is 11.9 Å². The zero-order valence-electron chi connectivity index (χ0n) is 16.7. The summed E-state index contributed by atoms with van der Waals surface area (Å²) in [5, 5.41) is 22.0. The molecule has 1 saturated carbocycles. The number of aromatic nitrogens is 6. The standard InChI is InChI=1S/C20H21F2N7O2/c1-2-20(30)7-13(8-20)25-19-26-18(31-10-15(21)22)17-14(5-6-28(17)27-19)12-3-4-16-23-11-24-29(16)9-12/h3-6,9,11,13,15,30H,2,7-8,10H2,1H3,(H,25,27)/t13-,20-. The molecule has 0 spiro atoms. The number of hydrogen-bond donors (Lipinski definition) is 2. The van der Waals surface area contributed by atoms with E-state index in [9.17, 15) is 13.9 Å². The Hall–Kier alpha value is -3.34. The van der Waals surface area contributed by atoms with E-state index in [0.717, 1.165) is 11.1 Å². The Labute approximate surface area is 175 Å². The summed E-state index contributed by atoms with van der Waals surface area (Å²) in [7, 11) is 0. The Morgan fingerprint density at radius 3 is 2.90 bits per heavy atom. The van der Waals surface area contributed by atoms with Gasteiger partial charge in [0.2, 0.25) is 11.8 Å². The largest absolute Gasteiger partial charge is 0.470 e. The third-order valence-electron chi connectivity index (χ3n) is 5.65. The van der Waals surface area contributed by atoms with Crippen molar-refractivity contribution in [1.29, 1.82) is 0 Å². The van der Waals surface area contributed by atoms with Gasteiger partial charge < -0.3 is 15.2 Å². The van der Waals surface area contributed by atoms with Gasteiger partial charge in [-0.15, -0.1) is 5.10 Å². The Morgan fingerprint density at radius 2 is 2.13 bits per heavy atom. The van der Waals surface area contributed by atoms with Crippen molar-refractivity contribution < 1.29 is 18.6 Å². The van der Waals surface area contributed by atoms with Gasteiger partial charge >= 0.3 is 0 Å². The summed E-state index contributed by atoms with van der Waals surface area (Å²) in [6.45, 7) is 1.16. The van der Waals surface area contributed by atoms with Gasteiger partial charge in [-0.1, -0.05) is 6.92 Å². The molecule has 1 fully saturated rings. The van der Waals surface area contributed by atoms with Crippen LogP contribution in [0, 0.1) is 0 Å². The van der Waals surface area contributed by atoms with Crippen LogP contribution < -0.4 is 10.1 Å². The number of aliphatic hydroxyl groups is 1. The van der Waals surface area contributed by atoms with Crippen LogP contribution in [0.5, 0.6) is 5.88 Å². The van der Waals surface area contributed by atoms with Gasteiger partial charge in [0, 0.05) is 29.6 Å². The average Bonchev–Trinajstić information content (AvgIpc) is 3.36. The number of ether oxygens (including phenoxy) is 1. The Balaban J connectivity index is 1.52. The fourth-order valence-electron chi connectivity index (χ4n) is 3.94. The molecular formula is C20H21F2N7O2. The molecule has 0 atom stereocenters. The number of fused-ring (bicyclic) bond motifs is 2. The summed E-state index contributed by atoms with van der Waals surface area (Å²) in [5.41, 5.74) is 2.01. The second kappa shape index (κ2) is 7.41. The highest BCUT2D eigenvalue weighted by Crippen LogP contribution is 2.37. The molecule has 0 aromatic carbocycles. The van der Waals surface area contributed by atoms with E-state index in [1.807, 2.05) is 25.1 Å². The Bertz CT molecular complexity index is 1230. The van der Waals surface area contributed by atoms with E-state index in [2.05, 4.69) is 25.5 Å². The summed E-state index contributed by atoms with van der Waals surface area (Å²) in [6, 6.07) is 5.51. The minimum absolute atomic E-state index is 0.00936. The lowest BCUT2D eigenvalue weighted by molar-refractivity contribution is -0.0442. The second-order valence-corrected chi connectivity index (χ2v) is 7.77. The molecule has 0 saturated heterocycles. The van der Waals surface area contributed by atoms with Gasteiger partial charge in [0.25, 0.3) is 6.43 Å². The van der Waals surface area contributed by atoms with Crippen LogP contribution >= 0.6 is 0 Å². The third kappa shape index (κ3) is 3.65. The lowest BCUT2D eigenvalue weighted by atomic mass is 9.74. The Morgan fingerprint density at radius 1 is 1.29 bits per heavy atom. The summed E-state index contributed by atoms with van der Waals surface area (Å²) >= 11 is 0. The molecule has 0 unspecified atom stereocenters. The van der Waals surface area contributed by atoms with E-state index in [1.165, 1.54) is 6.33 Å². The van der Waals surface area contributed by atoms with Crippen molar-refractivity contribution in [1.82, 2.24) is 29.2 Å². The molecule has 4 aromatic rings. The van der Waals surface area contributed by atoms with Crippen LogP contribution in [-0.2, 0) is 0 Å². The number of rotatable bonds is 7. The molecule has 9 nitrogen and oxygen atoms in total. The number of anilines is 1. The molecule has 31 heavy (non-hydrogen) atoms. The molecule has 2 N–H and O–H groups in total. The van der Waals surface area contributed by atoms with Gasteiger partial charge in [0.15, 0.2) is 12.3 Å². The number of halogens is 2.